The van der Waals surface area contributed by atoms with Crippen LogP contribution >= 0.6 is 0 Å². The molecular weight excluding hydrogens is 464 g/mol. The molecule has 0 fully saturated rings. The van der Waals surface area contributed by atoms with Gasteiger partial charge in [-0.15, -0.1) is 0 Å². The van der Waals surface area contributed by atoms with Gasteiger partial charge in [0.1, 0.15) is 0 Å². The standard InChI is InChI=1S/C27H30N2O7/c1-6-32-23-12-18(7-9-21(23)33-14-25(30)29(16(2)3)17(4)5)11-20-27(31)36-26(28-20)19-8-10-22-24(13-19)35-15-34-22/h7-13,16-17H,6,14-15H2,1-5H3/b20-11-. The van der Waals surface area contributed by atoms with Crippen molar-refractivity contribution in [2.24, 2.45) is 4.99 Å². The number of rotatable bonds is 9. The summed E-state index contributed by atoms with van der Waals surface area (Å²) in [6, 6.07) is 10.6. The summed E-state index contributed by atoms with van der Waals surface area (Å²) in [6.45, 7) is 10.2. The third kappa shape index (κ3) is 5.45. The van der Waals surface area contributed by atoms with Crippen molar-refractivity contribution in [3.05, 3.63) is 53.2 Å². The van der Waals surface area contributed by atoms with Crippen molar-refractivity contribution in [2.75, 3.05) is 20.0 Å². The van der Waals surface area contributed by atoms with Gasteiger partial charge in [0.05, 0.1) is 6.61 Å². The number of esters is 1. The number of nitrogens with zero attached hydrogens (tertiary/aromatic N) is 2. The number of amides is 1. The molecule has 190 valence electrons. The van der Waals surface area contributed by atoms with Gasteiger partial charge in [-0.25, -0.2) is 9.79 Å². The molecule has 0 bridgehead atoms. The average Bonchev–Trinajstić information content (AvgIpc) is 3.44. The molecule has 36 heavy (non-hydrogen) atoms. The van der Waals surface area contributed by atoms with Gasteiger partial charge in [0.15, 0.2) is 35.3 Å². The molecule has 2 heterocycles. The van der Waals surface area contributed by atoms with Gasteiger partial charge in [-0.05, 0) is 76.6 Å². The summed E-state index contributed by atoms with van der Waals surface area (Å²) in [5.41, 5.74) is 1.43. The molecule has 0 aromatic heterocycles. The van der Waals surface area contributed by atoms with Crippen LogP contribution in [-0.2, 0) is 14.3 Å². The summed E-state index contributed by atoms with van der Waals surface area (Å²) in [5, 5.41) is 0. The maximum Gasteiger partial charge on any atom is 0.363 e. The summed E-state index contributed by atoms with van der Waals surface area (Å²) in [7, 11) is 0. The zero-order valence-corrected chi connectivity index (χ0v) is 21.1. The number of carbonyl (C=O) groups is 2. The van der Waals surface area contributed by atoms with E-state index in [1.165, 1.54) is 0 Å². The van der Waals surface area contributed by atoms with Crippen LogP contribution < -0.4 is 18.9 Å². The van der Waals surface area contributed by atoms with E-state index >= 15 is 0 Å². The minimum atomic E-state index is -0.561. The Kier molecular flexibility index (Phi) is 7.47. The molecule has 0 unspecified atom stereocenters. The number of hydrogen-bond donors (Lipinski definition) is 0. The Bertz CT molecular complexity index is 1210. The largest absolute Gasteiger partial charge is 0.490 e. The van der Waals surface area contributed by atoms with Crippen molar-refractivity contribution < 1.29 is 33.3 Å². The van der Waals surface area contributed by atoms with Crippen LogP contribution in [0.3, 0.4) is 0 Å². The van der Waals surface area contributed by atoms with E-state index in [-0.39, 0.29) is 43.0 Å². The Morgan fingerprint density at radius 3 is 2.50 bits per heavy atom. The average molecular weight is 495 g/mol. The SMILES string of the molecule is CCOc1cc(/C=C2\N=C(c3ccc4c(c3)OCO4)OC2=O)ccc1OCC(=O)N(C(C)C)C(C)C. The van der Waals surface area contributed by atoms with Gasteiger partial charge in [0, 0.05) is 17.6 Å². The van der Waals surface area contributed by atoms with E-state index in [0.717, 1.165) is 0 Å². The maximum atomic E-state index is 12.7. The van der Waals surface area contributed by atoms with E-state index in [1.807, 2.05) is 34.6 Å². The van der Waals surface area contributed by atoms with Crippen LogP contribution in [0.4, 0.5) is 0 Å². The smallest absolute Gasteiger partial charge is 0.363 e. The van der Waals surface area contributed by atoms with Gasteiger partial charge in [-0.2, -0.15) is 0 Å². The molecule has 1 amide bonds. The summed E-state index contributed by atoms with van der Waals surface area (Å²) in [6.07, 6.45) is 1.61. The van der Waals surface area contributed by atoms with E-state index in [4.69, 9.17) is 23.7 Å². The van der Waals surface area contributed by atoms with Crippen molar-refractivity contribution in [1.29, 1.82) is 0 Å². The molecule has 0 aliphatic carbocycles. The normalized spacial score (nSPS) is 15.4. The lowest BCUT2D eigenvalue weighted by molar-refractivity contribution is -0.137. The Hall–Kier alpha value is -4.01. The van der Waals surface area contributed by atoms with Crippen LogP contribution in [-0.4, -0.2) is 54.8 Å². The highest BCUT2D eigenvalue weighted by Gasteiger charge is 2.26. The second-order valence-corrected chi connectivity index (χ2v) is 8.82. The van der Waals surface area contributed by atoms with Gasteiger partial charge in [-0.3, -0.25) is 4.79 Å². The lowest BCUT2D eigenvalue weighted by Crippen LogP contribution is -2.44. The number of ether oxygens (including phenoxy) is 5. The number of carbonyl (C=O) groups excluding carboxylic acids is 2. The predicted octanol–water partition coefficient (Wildman–Crippen LogP) is 4.18. The van der Waals surface area contributed by atoms with Gasteiger partial charge in [0.2, 0.25) is 12.7 Å². The third-order valence-corrected chi connectivity index (χ3v) is 5.56. The summed E-state index contributed by atoms with van der Waals surface area (Å²) >= 11 is 0. The highest BCUT2D eigenvalue weighted by molar-refractivity contribution is 6.13. The molecule has 0 radical (unpaired) electrons. The molecule has 9 nitrogen and oxygen atoms in total. The first-order valence-corrected chi connectivity index (χ1v) is 11.9. The van der Waals surface area contributed by atoms with Crippen LogP contribution in [0, 0.1) is 0 Å². The highest BCUT2D eigenvalue weighted by atomic mass is 16.7. The van der Waals surface area contributed by atoms with E-state index in [9.17, 15) is 9.59 Å². The van der Waals surface area contributed by atoms with Crippen LogP contribution in [0.2, 0.25) is 0 Å². The second kappa shape index (κ2) is 10.7. The molecule has 0 spiro atoms. The van der Waals surface area contributed by atoms with Crippen LogP contribution in [0.15, 0.2) is 47.1 Å². The first kappa shape index (κ1) is 25.1. The molecule has 0 saturated carbocycles. The maximum absolute atomic E-state index is 12.7. The minimum Gasteiger partial charge on any atom is -0.490 e. The van der Waals surface area contributed by atoms with E-state index in [2.05, 4.69) is 4.99 Å². The van der Waals surface area contributed by atoms with E-state index < -0.39 is 5.97 Å². The van der Waals surface area contributed by atoms with Crippen molar-refractivity contribution >= 4 is 23.9 Å². The summed E-state index contributed by atoms with van der Waals surface area (Å²) in [5.74, 6) is 1.64. The number of fused-ring (bicyclic) bond motifs is 1. The molecule has 4 rings (SSSR count). The predicted molar refractivity (Wildman–Crippen MR) is 133 cm³/mol. The lowest BCUT2D eigenvalue weighted by atomic mass is 10.1. The molecule has 9 heteroatoms. The molecule has 0 N–H and O–H groups in total. The monoisotopic (exact) mass is 494 g/mol. The van der Waals surface area contributed by atoms with E-state index in [0.29, 0.717) is 40.7 Å². The summed E-state index contributed by atoms with van der Waals surface area (Å²) in [4.78, 5) is 31.3. The van der Waals surface area contributed by atoms with Gasteiger partial charge >= 0.3 is 5.97 Å². The fourth-order valence-corrected chi connectivity index (χ4v) is 4.11. The first-order chi connectivity index (χ1) is 17.3. The van der Waals surface area contributed by atoms with Gasteiger partial charge < -0.3 is 28.6 Å². The Morgan fingerprint density at radius 2 is 1.78 bits per heavy atom. The lowest BCUT2D eigenvalue weighted by Gasteiger charge is -2.30. The molecule has 2 aliphatic rings. The Morgan fingerprint density at radius 1 is 1.03 bits per heavy atom. The molecular formula is C27H30N2O7. The molecule has 2 aromatic carbocycles. The van der Waals surface area contributed by atoms with Gasteiger partial charge in [0.25, 0.3) is 5.91 Å². The molecule has 2 aliphatic heterocycles. The molecule has 0 saturated heterocycles. The second-order valence-electron chi connectivity index (χ2n) is 8.82. The number of cyclic esters (lactones) is 1. The fraction of sp³-hybridized carbons (Fsp3) is 0.370. The summed E-state index contributed by atoms with van der Waals surface area (Å²) < 4.78 is 27.6. The van der Waals surface area contributed by atoms with Gasteiger partial charge in [-0.1, -0.05) is 6.07 Å². The van der Waals surface area contributed by atoms with Crippen molar-refractivity contribution in [3.63, 3.8) is 0 Å². The quantitative estimate of drug-likeness (QED) is 0.381. The van der Waals surface area contributed by atoms with Crippen molar-refractivity contribution in [1.82, 2.24) is 4.90 Å². The zero-order chi connectivity index (χ0) is 25.8. The number of benzene rings is 2. The fourth-order valence-electron chi connectivity index (χ4n) is 4.11. The van der Waals surface area contributed by atoms with Crippen molar-refractivity contribution in [3.8, 4) is 23.0 Å². The van der Waals surface area contributed by atoms with Crippen LogP contribution in [0.25, 0.3) is 6.08 Å². The topological polar surface area (TPSA) is 95.9 Å². The minimum absolute atomic E-state index is 0.0655. The van der Waals surface area contributed by atoms with E-state index in [1.54, 1.807) is 47.4 Å². The number of hydrogen-bond acceptors (Lipinski definition) is 8. The van der Waals surface area contributed by atoms with Crippen molar-refractivity contribution in [2.45, 2.75) is 46.7 Å². The highest BCUT2D eigenvalue weighted by Crippen LogP contribution is 2.34. The van der Waals surface area contributed by atoms with Crippen LogP contribution in [0.1, 0.15) is 45.7 Å². The molecule has 2 aromatic rings. The zero-order valence-electron chi connectivity index (χ0n) is 21.1. The number of aliphatic imine (C=N–C) groups is 1. The van der Waals surface area contributed by atoms with Crippen LogP contribution in [0.5, 0.6) is 23.0 Å². The Balaban J connectivity index is 1.52. The third-order valence-electron chi connectivity index (χ3n) is 5.56. The first-order valence-electron chi connectivity index (χ1n) is 11.9. The molecule has 0 atom stereocenters. The Labute approximate surface area is 210 Å².